The van der Waals surface area contributed by atoms with Gasteiger partial charge in [0.05, 0.1) is 22.5 Å². The molecule has 0 bridgehead atoms. The van der Waals surface area contributed by atoms with Crippen LogP contribution in [0.3, 0.4) is 0 Å². The van der Waals surface area contributed by atoms with Crippen molar-refractivity contribution < 1.29 is 31.7 Å². The van der Waals surface area contributed by atoms with E-state index in [1.165, 1.54) is 0 Å². The van der Waals surface area contributed by atoms with Crippen molar-refractivity contribution >= 4 is 30.0 Å². The normalized spacial score (nSPS) is 17.5. The Kier molecular flexibility index (Phi) is 5.83. The van der Waals surface area contributed by atoms with Crippen LogP contribution in [0.4, 0.5) is 33.7 Å². The summed E-state index contributed by atoms with van der Waals surface area (Å²) >= 11 is 0. The first-order chi connectivity index (χ1) is 14.2. The summed E-state index contributed by atoms with van der Waals surface area (Å²) in [7, 11) is -0.578. The van der Waals surface area contributed by atoms with Crippen LogP contribution in [0, 0.1) is 12.7 Å². The molecule has 0 spiro atoms. The maximum absolute atomic E-state index is 13.8. The molecule has 2 N–H and O–H groups in total. The van der Waals surface area contributed by atoms with Crippen LogP contribution in [0.5, 0.6) is 0 Å². The van der Waals surface area contributed by atoms with Crippen molar-refractivity contribution in [1.82, 2.24) is 0 Å². The number of benzene rings is 2. The second kappa shape index (κ2) is 7.83. The number of alkyl halides is 3. The molecule has 2 amide bonds. The van der Waals surface area contributed by atoms with Gasteiger partial charge in [-0.3, -0.25) is 0 Å². The number of nitrogens with one attached hydrogen (secondary N) is 2. The van der Waals surface area contributed by atoms with Crippen LogP contribution < -0.4 is 16.1 Å². The van der Waals surface area contributed by atoms with Crippen LogP contribution in [0.2, 0.25) is 0 Å². The van der Waals surface area contributed by atoms with E-state index in [9.17, 15) is 22.4 Å². The molecule has 2 aromatic carbocycles. The molecule has 3 rings (SSSR count). The van der Waals surface area contributed by atoms with Gasteiger partial charge in [-0.1, -0.05) is 12.1 Å². The van der Waals surface area contributed by atoms with E-state index in [4.69, 9.17) is 9.31 Å². The molecule has 0 radical (unpaired) electrons. The predicted molar refractivity (Wildman–Crippen MR) is 111 cm³/mol. The summed E-state index contributed by atoms with van der Waals surface area (Å²) < 4.78 is 64.3. The molecule has 0 saturated carbocycles. The van der Waals surface area contributed by atoms with Crippen molar-refractivity contribution in [2.75, 3.05) is 10.6 Å². The number of urea groups is 1. The fourth-order valence-electron chi connectivity index (χ4n) is 3.03. The number of carbonyl (C=O) groups is 1. The Bertz CT molecular complexity index is 993. The molecule has 1 heterocycles. The first-order valence-corrected chi connectivity index (χ1v) is 9.60. The Morgan fingerprint density at radius 3 is 2.06 bits per heavy atom. The zero-order valence-corrected chi connectivity index (χ0v) is 17.8. The minimum absolute atomic E-state index is 0.408. The topological polar surface area (TPSA) is 59.6 Å². The highest BCUT2D eigenvalue weighted by atomic mass is 19.4. The third-order valence-corrected chi connectivity index (χ3v) is 5.57. The summed E-state index contributed by atoms with van der Waals surface area (Å²) in [5, 5.41) is 4.63. The van der Waals surface area contributed by atoms with Gasteiger partial charge in [0, 0.05) is 5.69 Å². The average Bonchev–Trinajstić information content (AvgIpc) is 2.85. The van der Waals surface area contributed by atoms with Crippen molar-refractivity contribution in [2.45, 2.75) is 52.0 Å². The first kappa shape index (κ1) is 23.1. The van der Waals surface area contributed by atoms with E-state index in [1.54, 1.807) is 25.1 Å². The van der Waals surface area contributed by atoms with Crippen LogP contribution in [-0.4, -0.2) is 24.4 Å². The van der Waals surface area contributed by atoms with Crippen LogP contribution in [0.1, 0.15) is 38.8 Å². The van der Waals surface area contributed by atoms with Gasteiger partial charge in [0.1, 0.15) is 5.82 Å². The summed E-state index contributed by atoms with van der Waals surface area (Å²) in [4.78, 5) is 12.2. The number of anilines is 2. The Balaban J connectivity index is 1.72. The highest BCUT2D eigenvalue weighted by Crippen LogP contribution is 2.36. The quantitative estimate of drug-likeness (QED) is 0.518. The van der Waals surface area contributed by atoms with E-state index >= 15 is 0 Å². The lowest BCUT2D eigenvalue weighted by molar-refractivity contribution is -0.137. The molecule has 166 valence electrons. The van der Waals surface area contributed by atoms with Gasteiger partial charge < -0.3 is 19.9 Å². The highest BCUT2D eigenvalue weighted by molar-refractivity contribution is 6.62. The van der Waals surface area contributed by atoms with Crippen molar-refractivity contribution in [1.29, 1.82) is 0 Å². The minimum Gasteiger partial charge on any atom is -0.399 e. The predicted octanol–water partition coefficient (Wildman–Crippen LogP) is 5.10. The Morgan fingerprint density at radius 2 is 1.52 bits per heavy atom. The van der Waals surface area contributed by atoms with Crippen molar-refractivity contribution in [2.24, 2.45) is 0 Å². The molecule has 0 aromatic heterocycles. The van der Waals surface area contributed by atoms with Crippen LogP contribution in [0.25, 0.3) is 0 Å². The summed E-state index contributed by atoms with van der Waals surface area (Å²) in [6, 6.07) is 6.06. The molecule has 2 aromatic rings. The number of halogens is 4. The van der Waals surface area contributed by atoms with Crippen LogP contribution in [-0.2, 0) is 15.5 Å². The zero-order chi connectivity index (χ0) is 23.2. The Labute approximate surface area is 178 Å². The summed E-state index contributed by atoms with van der Waals surface area (Å²) in [5.41, 5.74) is -0.802. The molecule has 1 fully saturated rings. The van der Waals surface area contributed by atoms with Crippen LogP contribution in [0.15, 0.2) is 36.4 Å². The van der Waals surface area contributed by atoms with E-state index in [-0.39, 0.29) is 0 Å². The van der Waals surface area contributed by atoms with Gasteiger partial charge in [-0.2, -0.15) is 13.2 Å². The number of aryl methyl sites for hydroxylation is 1. The molecule has 10 heteroatoms. The largest absolute Gasteiger partial charge is 0.494 e. The molecule has 5 nitrogen and oxygen atoms in total. The fraction of sp³-hybridized carbons (Fsp3) is 0.381. The highest BCUT2D eigenvalue weighted by Gasteiger charge is 2.51. The Hall–Kier alpha value is -2.59. The number of hydrogen-bond donors (Lipinski definition) is 2. The first-order valence-electron chi connectivity index (χ1n) is 9.60. The van der Waals surface area contributed by atoms with Crippen molar-refractivity contribution in [3.63, 3.8) is 0 Å². The lowest BCUT2D eigenvalue weighted by Gasteiger charge is -2.32. The Morgan fingerprint density at radius 1 is 0.935 bits per heavy atom. The lowest BCUT2D eigenvalue weighted by Crippen LogP contribution is -2.41. The zero-order valence-electron chi connectivity index (χ0n) is 17.8. The molecular weight excluding hydrogens is 415 g/mol. The van der Waals surface area contributed by atoms with E-state index < -0.39 is 47.6 Å². The standard InChI is InChI=1S/C21H23BF4N2O3/c1-12-10-14(22-30-19(2,3)20(4,5)31-22)7-9-16(12)27-18(29)28-17-11-13(21(24,25)26)6-8-15(17)23/h6-11H,1-5H3,(H2,27,28,29). The maximum Gasteiger partial charge on any atom is 0.494 e. The number of carbonyl (C=O) groups excluding carboxylic acids is 1. The van der Waals surface area contributed by atoms with Gasteiger partial charge in [0.2, 0.25) is 0 Å². The van der Waals surface area contributed by atoms with Crippen molar-refractivity contribution in [3.05, 3.63) is 53.3 Å². The summed E-state index contributed by atoms with van der Waals surface area (Å²) in [6.07, 6.45) is -4.65. The van der Waals surface area contributed by atoms with Gasteiger partial charge in [0.25, 0.3) is 0 Å². The van der Waals surface area contributed by atoms with E-state index in [1.807, 2.05) is 27.7 Å². The maximum atomic E-state index is 13.8. The molecule has 0 atom stereocenters. The van der Waals surface area contributed by atoms with Gasteiger partial charge in [-0.05, 0) is 69.9 Å². The molecule has 0 unspecified atom stereocenters. The number of rotatable bonds is 3. The van der Waals surface area contributed by atoms with Crippen LogP contribution >= 0.6 is 0 Å². The number of amides is 2. The smallest absolute Gasteiger partial charge is 0.399 e. The van der Waals surface area contributed by atoms with E-state index in [0.29, 0.717) is 29.4 Å². The molecular formula is C21H23BF4N2O3. The lowest BCUT2D eigenvalue weighted by atomic mass is 9.78. The molecule has 1 saturated heterocycles. The number of hydrogen-bond acceptors (Lipinski definition) is 3. The monoisotopic (exact) mass is 438 g/mol. The van der Waals surface area contributed by atoms with Gasteiger partial charge >= 0.3 is 19.3 Å². The summed E-state index contributed by atoms with van der Waals surface area (Å²) in [6.45, 7) is 9.50. The fourth-order valence-corrected chi connectivity index (χ4v) is 3.03. The van der Waals surface area contributed by atoms with Gasteiger partial charge in [-0.15, -0.1) is 0 Å². The van der Waals surface area contributed by atoms with Gasteiger partial charge in [0.15, 0.2) is 0 Å². The van der Waals surface area contributed by atoms with Crippen molar-refractivity contribution in [3.8, 4) is 0 Å². The van der Waals surface area contributed by atoms with Gasteiger partial charge in [-0.25, -0.2) is 9.18 Å². The summed E-state index contributed by atoms with van der Waals surface area (Å²) in [5.74, 6) is -0.976. The minimum atomic E-state index is -4.65. The van der Waals surface area contributed by atoms with E-state index in [2.05, 4.69) is 10.6 Å². The average molecular weight is 438 g/mol. The second-order valence-electron chi connectivity index (χ2n) is 8.43. The van der Waals surface area contributed by atoms with E-state index in [0.717, 1.165) is 5.46 Å². The molecule has 0 aliphatic carbocycles. The third kappa shape index (κ3) is 4.85. The second-order valence-corrected chi connectivity index (χ2v) is 8.43. The third-order valence-electron chi connectivity index (χ3n) is 5.57. The molecule has 1 aliphatic heterocycles. The molecule has 31 heavy (non-hydrogen) atoms. The molecule has 1 aliphatic rings. The SMILES string of the molecule is Cc1cc(B2OC(C)(C)C(C)(C)O2)ccc1NC(=O)Nc1cc(C(F)(F)F)ccc1F.